The van der Waals surface area contributed by atoms with Gasteiger partial charge in [0.05, 0.1) is 6.61 Å². The summed E-state index contributed by atoms with van der Waals surface area (Å²) in [5, 5.41) is 0. The minimum absolute atomic E-state index is 0.523. The number of hydrogen-bond acceptors (Lipinski definition) is 3. The second-order valence-corrected chi connectivity index (χ2v) is 7.09. The van der Waals surface area contributed by atoms with E-state index in [9.17, 15) is 0 Å². The Labute approximate surface area is 162 Å². The van der Waals surface area contributed by atoms with E-state index in [0.717, 1.165) is 22.4 Å². The van der Waals surface area contributed by atoms with Crippen molar-refractivity contribution in [3.05, 3.63) is 102 Å². The molecule has 0 heterocycles. The van der Waals surface area contributed by atoms with Crippen LogP contribution in [0.3, 0.4) is 0 Å². The number of anilines is 1. The van der Waals surface area contributed by atoms with Crippen LogP contribution >= 0.6 is 0 Å². The van der Waals surface area contributed by atoms with E-state index in [0.29, 0.717) is 6.61 Å². The molecule has 27 heavy (non-hydrogen) atoms. The predicted octanol–water partition coefficient (Wildman–Crippen LogP) is 4.73. The Kier molecular flexibility index (Phi) is 5.94. The topological polar surface area (TPSA) is 15.7 Å². The summed E-state index contributed by atoms with van der Waals surface area (Å²) in [7, 11) is 8.29. The van der Waals surface area contributed by atoms with Gasteiger partial charge in [0.15, 0.2) is 5.72 Å². The number of rotatable bonds is 7. The Morgan fingerprint density at radius 1 is 0.704 bits per heavy atom. The van der Waals surface area contributed by atoms with Gasteiger partial charge >= 0.3 is 0 Å². The Morgan fingerprint density at radius 2 is 1.26 bits per heavy atom. The highest BCUT2D eigenvalue weighted by molar-refractivity contribution is 5.57. The molecule has 140 valence electrons. The molecule has 0 radical (unpaired) electrons. The van der Waals surface area contributed by atoms with Gasteiger partial charge in [0.2, 0.25) is 0 Å². The Bertz CT molecular complexity index is 847. The molecule has 1 atom stereocenters. The summed E-state index contributed by atoms with van der Waals surface area (Å²) in [5.74, 6) is 0. The molecule has 0 bridgehead atoms. The lowest BCUT2D eigenvalue weighted by molar-refractivity contribution is -0.123. The second kappa shape index (κ2) is 8.38. The minimum Gasteiger partial charge on any atom is -0.377 e. The average molecular weight is 361 g/mol. The normalized spacial score (nSPS) is 13.4. The van der Waals surface area contributed by atoms with E-state index < -0.39 is 5.72 Å². The molecule has 0 aliphatic heterocycles. The Hall–Kier alpha value is -2.62. The van der Waals surface area contributed by atoms with Crippen molar-refractivity contribution in [3.63, 3.8) is 0 Å². The number of hydrogen-bond donors (Lipinski definition) is 0. The molecular weight excluding hydrogens is 332 g/mol. The van der Waals surface area contributed by atoms with Gasteiger partial charge in [0.25, 0.3) is 0 Å². The van der Waals surface area contributed by atoms with Gasteiger partial charge in [0, 0.05) is 30.9 Å². The van der Waals surface area contributed by atoms with Crippen LogP contribution in [0.5, 0.6) is 0 Å². The van der Waals surface area contributed by atoms with Gasteiger partial charge in [-0.25, -0.2) is 0 Å². The fourth-order valence-corrected chi connectivity index (χ4v) is 3.52. The fourth-order valence-electron chi connectivity index (χ4n) is 3.52. The minimum atomic E-state index is -0.696. The molecule has 3 aromatic carbocycles. The molecule has 0 amide bonds. The summed E-state index contributed by atoms with van der Waals surface area (Å²) in [4.78, 5) is 4.30. The maximum Gasteiger partial charge on any atom is 0.175 e. The third-order valence-corrected chi connectivity index (χ3v) is 4.84. The molecule has 0 aliphatic carbocycles. The molecule has 0 aromatic heterocycles. The van der Waals surface area contributed by atoms with E-state index in [4.69, 9.17) is 4.74 Å². The van der Waals surface area contributed by atoms with Gasteiger partial charge in [-0.05, 0) is 25.7 Å². The van der Waals surface area contributed by atoms with Crippen LogP contribution < -0.4 is 4.90 Å². The zero-order chi connectivity index (χ0) is 19.3. The molecule has 3 rings (SSSR count). The summed E-state index contributed by atoms with van der Waals surface area (Å²) in [6.45, 7) is 0.523. The smallest absolute Gasteiger partial charge is 0.175 e. The summed E-state index contributed by atoms with van der Waals surface area (Å²) < 4.78 is 6.74. The van der Waals surface area contributed by atoms with Crippen molar-refractivity contribution < 1.29 is 4.74 Å². The van der Waals surface area contributed by atoms with Crippen molar-refractivity contribution in [1.29, 1.82) is 0 Å². The molecule has 0 saturated heterocycles. The molecule has 0 N–H and O–H groups in total. The quantitative estimate of drug-likeness (QED) is 0.567. The largest absolute Gasteiger partial charge is 0.377 e. The molecular formula is C24H28N2O. The van der Waals surface area contributed by atoms with Gasteiger partial charge in [-0.15, -0.1) is 0 Å². The summed E-state index contributed by atoms with van der Waals surface area (Å²) in [6, 6.07) is 29.2. The number of benzene rings is 3. The van der Waals surface area contributed by atoms with Crippen LogP contribution in [0.15, 0.2) is 84.9 Å². The van der Waals surface area contributed by atoms with E-state index in [1.807, 2.05) is 24.3 Å². The van der Waals surface area contributed by atoms with E-state index in [1.54, 1.807) is 0 Å². The van der Waals surface area contributed by atoms with Gasteiger partial charge in [-0.3, -0.25) is 4.90 Å². The fraction of sp³-hybridized carbons (Fsp3) is 0.250. The number of nitrogens with zero attached hydrogens (tertiary/aromatic N) is 2. The van der Waals surface area contributed by atoms with E-state index in [-0.39, 0.29) is 0 Å². The molecule has 0 fully saturated rings. The zero-order valence-corrected chi connectivity index (χ0v) is 16.6. The van der Waals surface area contributed by atoms with Crippen LogP contribution in [0.4, 0.5) is 5.69 Å². The highest BCUT2D eigenvalue weighted by Crippen LogP contribution is 2.41. The summed E-state index contributed by atoms with van der Waals surface area (Å²) in [5.41, 5.74) is 3.84. The van der Waals surface area contributed by atoms with Crippen molar-refractivity contribution in [2.75, 3.05) is 33.1 Å². The lowest BCUT2D eigenvalue weighted by atomic mass is 9.91. The van der Waals surface area contributed by atoms with Crippen LogP contribution in [0.2, 0.25) is 0 Å². The summed E-state index contributed by atoms with van der Waals surface area (Å²) >= 11 is 0. The predicted molar refractivity (Wildman–Crippen MR) is 113 cm³/mol. The van der Waals surface area contributed by atoms with Crippen molar-refractivity contribution in [2.45, 2.75) is 12.3 Å². The van der Waals surface area contributed by atoms with Crippen LogP contribution in [0.1, 0.15) is 16.7 Å². The number of para-hydroxylation sites is 1. The van der Waals surface area contributed by atoms with Crippen LogP contribution in [0, 0.1) is 0 Å². The van der Waals surface area contributed by atoms with Gasteiger partial charge in [0.1, 0.15) is 0 Å². The van der Waals surface area contributed by atoms with Gasteiger partial charge in [-0.2, -0.15) is 0 Å². The van der Waals surface area contributed by atoms with Crippen molar-refractivity contribution in [3.8, 4) is 0 Å². The molecule has 3 aromatic rings. The average Bonchev–Trinajstić information content (AvgIpc) is 2.70. The lowest BCUT2D eigenvalue weighted by Gasteiger charge is -2.42. The lowest BCUT2D eigenvalue weighted by Crippen LogP contribution is -2.45. The standard InChI is InChI=1S/C24H28N2O/c1-25(2)23-18-12-11-17-22(23)24(26(3)4,21-15-9-6-10-16-21)27-19-20-13-7-5-8-14-20/h5-18H,19H2,1-4H3. The third kappa shape index (κ3) is 3.90. The third-order valence-electron chi connectivity index (χ3n) is 4.84. The Morgan fingerprint density at radius 3 is 1.85 bits per heavy atom. The first-order valence-corrected chi connectivity index (χ1v) is 9.23. The van der Waals surface area contributed by atoms with E-state index in [1.165, 1.54) is 0 Å². The Balaban J connectivity index is 2.16. The number of ether oxygens (including phenoxy) is 1. The first-order valence-electron chi connectivity index (χ1n) is 9.23. The van der Waals surface area contributed by atoms with Crippen molar-refractivity contribution in [1.82, 2.24) is 4.90 Å². The van der Waals surface area contributed by atoms with Crippen LogP contribution in [-0.2, 0) is 17.1 Å². The molecule has 3 heteroatoms. The van der Waals surface area contributed by atoms with E-state index in [2.05, 4.69) is 98.7 Å². The summed E-state index contributed by atoms with van der Waals surface area (Å²) in [6.07, 6.45) is 0. The molecule has 1 unspecified atom stereocenters. The highest BCUT2D eigenvalue weighted by atomic mass is 16.5. The maximum absolute atomic E-state index is 6.74. The SMILES string of the molecule is CN(C)c1ccccc1C(OCc1ccccc1)(c1ccccc1)N(C)C. The molecule has 0 aliphatic rings. The molecule has 0 spiro atoms. The first-order chi connectivity index (χ1) is 13.1. The maximum atomic E-state index is 6.74. The second-order valence-electron chi connectivity index (χ2n) is 7.09. The highest BCUT2D eigenvalue weighted by Gasteiger charge is 2.40. The van der Waals surface area contributed by atoms with Crippen LogP contribution in [0.25, 0.3) is 0 Å². The molecule has 3 nitrogen and oxygen atoms in total. The monoisotopic (exact) mass is 360 g/mol. The molecule has 0 saturated carbocycles. The zero-order valence-electron chi connectivity index (χ0n) is 16.6. The van der Waals surface area contributed by atoms with E-state index >= 15 is 0 Å². The van der Waals surface area contributed by atoms with Crippen molar-refractivity contribution in [2.24, 2.45) is 0 Å². The van der Waals surface area contributed by atoms with Gasteiger partial charge in [-0.1, -0.05) is 78.9 Å². The van der Waals surface area contributed by atoms with Crippen molar-refractivity contribution >= 4 is 5.69 Å². The van der Waals surface area contributed by atoms with Crippen LogP contribution in [-0.4, -0.2) is 33.1 Å². The van der Waals surface area contributed by atoms with Gasteiger partial charge < -0.3 is 9.64 Å². The first kappa shape index (κ1) is 19.2.